The minimum Gasteiger partial charge on any atom is -0.314 e. The number of nitrogens with one attached hydrogen (secondary N) is 1. The van der Waals surface area contributed by atoms with E-state index in [2.05, 4.69) is 37.9 Å². The summed E-state index contributed by atoms with van der Waals surface area (Å²) in [5.41, 5.74) is 0.389. The monoisotopic (exact) mass is 212 g/mol. The maximum absolute atomic E-state index is 3.52. The third-order valence-corrected chi connectivity index (χ3v) is 3.90. The fourth-order valence-electron chi connectivity index (χ4n) is 2.57. The van der Waals surface area contributed by atoms with Gasteiger partial charge in [-0.2, -0.15) is 0 Å². The molecule has 0 aromatic heterocycles. The number of hydrogen-bond donors (Lipinski definition) is 1. The standard InChI is InChI=1S/C13H28N2/c1-5-7-12(3)10-15-9-8-14-11-13(15,4)6-2/h12,14H,5-11H2,1-4H3. The molecule has 2 heteroatoms. The second-order valence-corrected chi connectivity index (χ2v) is 5.37. The molecular formula is C13H28N2. The molecule has 1 saturated heterocycles. The summed E-state index contributed by atoms with van der Waals surface area (Å²) in [4.78, 5) is 2.70. The number of piperazine rings is 1. The van der Waals surface area contributed by atoms with Gasteiger partial charge < -0.3 is 5.32 Å². The van der Waals surface area contributed by atoms with E-state index in [-0.39, 0.29) is 0 Å². The Kier molecular flexibility index (Phi) is 5.07. The molecule has 0 spiro atoms. The maximum Gasteiger partial charge on any atom is 0.0303 e. The van der Waals surface area contributed by atoms with Gasteiger partial charge in [0.05, 0.1) is 0 Å². The van der Waals surface area contributed by atoms with E-state index < -0.39 is 0 Å². The van der Waals surface area contributed by atoms with E-state index >= 15 is 0 Å². The summed E-state index contributed by atoms with van der Waals surface area (Å²) in [6.45, 7) is 14.2. The zero-order valence-corrected chi connectivity index (χ0v) is 11.0. The van der Waals surface area contributed by atoms with Crippen molar-refractivity contribution >= 4 is 0 Å². The van der Waals surface area contributed by atoms with Crippen molar-refractivity contribution in [2.75, 3.05) is 26.2 Å². The van der Waals surface area contributed by atoms with Crippen LogP contribution in [0.15, 0.2) is 0 Å². The lowest BCUT2D eigenvalue weighted by atomic mass is 9.92. The first-order chi connectivity index (χ1) is 7.12. The summed E-state index contributed by atoms with van der Waals surface area (Å²) in [7, 11) is 0. The summed E-state index contributed by atoms with van der Waals surface area (Å²) >= 11 is 0. The minimum absolute atomic E-state index is 0.389. The van der Waals surface area contributed by atoms with Crippen LogP contribution < -0.4 is 5.32 Å². The molecule has 1 rings (SSSR count). The predicted octanol–water partition coefficient (Wildman–Crippen LogP) is 2.50. The minimum atomic E-state index is 0.389. The lowest BCUT2D eigenvalue weighted by Gasteiger charge is -2.46. The highest BCUT2D eigenvalue weighted by Gasteiger charge is 2.32. The van der Waals surface area contributed by atoms with Crippen molar-refractivity contribution < 1.29 is 0 Å². The van der Waals surface area contributed by atoms with Crippen LogP contribution in [0.4, 0.5) is 0 Å². The van der Waals surface area contributed by atoms with Crippen molar-refractivity contribution in [3.05, 3.63) is 0 Å². The molecule has 1 heterocycles. The van der Waals surface area contributed by atoms with Crippen LogP contribution in [0.25, 0.3) is 0 Å². The average molecular weight is 212 g/mol. The van der Waals surface area contributed by atoms with E-state index in [0.717, 1.165) is 19.0 Å². The van der Waals surface area contributed by atoms with Gasteiger partial charge in [-0.1, -0.05) is 27.2 Å². The molecule has 0 aromatic rings. The maximum atomic E-state index is 3.52. The summed E-state index contributed by atoms with van der Waals surface area (Å²) in [5.74, 6) is 0.846. The molecule has 90 valence electrons. The molecule has 0 amide bonds. The van der Waals surface area contributed by atoms with E-state index in [4.69, 9.17) is 0 Å². The normalized spacial score (nSPS) is 30.4. The molecule has 1 aliphatic rings. The van der Waals surface area contributed by atoms with Crippen LogP contribution >= 0.6 is 0 Å². The van der Waals surface area contributed by atoms with Crippen LogP contribution in [0.3, 0.4) is 0 Å². The third-order valence-electron chi connectivity index (χ3n) is 3.90. The van der Waals surface area contributed by atoms with Gasteiger partial charge in [0.25, 0.3) is 0 Å². The van der Waals surface area contributed by atoms with Gasteiger partial charge >= 0.3 is 0 Å². The van der Waals surface area contributed by atoms with Gasteiger partial charge in [-0.05, 0) is 25.7 Å². The van der Waals surface area contributed by atoms with Gasteiger partial charge in [-0.3, -0.25) is 4.90 Å². The first kappa shape index (κ1) is 13.0. The highest BCUT2D eigenvalue weighted by molar-refractivity contribution is 4.91. The number of nitrogens with zero attached hydrogens (tertiary/aromatic N) is 1. The van der Waals surface area contributed by atoms with Gasteiger partial charge in [0, 0.05) is 31.7 Å². The number of hydrogen-bond acceptors (Lipinski definition) is 2. The molecule has 0 aromatic carbocycles. The Bertz CT molecular complexity index is 181. The Hall–Kier alpha value is -0.0800. The number of rotatable bonds is 5. The third kappa shape index (κ3) is 3.46. The van der Waals surface area contributed by atoms with E-state index in [1.54, 1.807) is 0 Å². The Labute approximate surface area is 95.4 Å². The second kappa shape index (κ2) is 5.86. The summed E-state index contributed by atoms with van der Waals surface area (Å²) < 4.78 is 0. The molecule has 0 saturated carbocycles. The predicted molar refractivity (Wildman–Crippen MR) is 67.2 cm³/mol. The molecule has 15 heavy (non-hydrogen) atoms. The molecule has 1 aliphatic heterocycles. The quantitative estimate of drug-likeness (QED) is 0.753. The molecular weight excluding hydrogens is 184 g/mol. The fraction of sp³-hybridized carbons (Fsp3) is 1.00. The first-order valence-corrected chi connectivity index (χ1v) is 6.58. The molecule has 2 nitrogen and oxygen atoms in total. The van der Waals surface area contributed by atoms with Crippen molar-refractivity contribution in [3.8, 4) is 0 Å². The van der Waals surface area contributed by atoms with E-state index in [0.29, 0.717) is 5.54 Å². The molecule has 2 atom stereocenters. The van der Waals surface area contributed by atoms with E-state index in [1.807, 2.05) is 0 Å². The van der Waals surface area contributed by atoms with Gasteiger partial charge in [0.15, 0.2) is 0 Å². The van der Waals surface area contributed by atoms with Crippen molar-refractivity contribution in [1.29, 1.82) is 0 Å². The summed E-state index contributed by atoms with van der Waals surface area (Å²) in [5, 5.41) is 3.52. The molecule has 0 radical (unpaired) electrons. The molecule has 0 bridgehead atoms. The highest BCUT2D eigenvalue weighted by Crippen LogP contribution is 2.23. The summed E-state index contributed by atoms with van der Waals surface area (Å²) in [6.07, 6.45) is 3.93. The van der Waals surface area contributed by atoms with Gasteiger partial charge in [-0.25, -0.2) is 0 Å². The highest BCUT2D eigenvalue weighted by atomic mass is 15.3. The first-order valence-electron chi connectivity index (χ1n) is 6.58. The Morgan fingerprint density at radius 3 is 2.73 bits per heavy atom. The Balaban J connectivity index is 2.49. The van der Waals surface area contributed by atoms with Gasteiger partial charge in [0.1, 0.15) is 0 Å². The Morgan fingerprint density at radius 1 is 1.40 bits per heavy atom. The Morgan fingerprint density at radius 2 is 2.13 bits per heavy atom. The smallest absolute Gasteiger partial charge is 0.0303 e. The van der Waals surface area contributed by atoms with Crippen LogP contribution in [0.2, 0.25) is 0 Å². The van der Waals surface area contributed by atoms with Crippen molar-refractivity contribution in [2.24, 2.45) is 5.92 Å². The summed E-state index contributed by atoms with van der Waals surface area (Å²) in [6, 6.07) is 0. The van der Waals surface area contributed by atoms with E-state index in [1.165, 1.54) is 32.4 Å². The lowest BCUT2D eigenvalue weighted by Crippen LogP contribution is -2.60. The van der Waals surface area contributed by atoms with Crippen LogP contribution in [-0.2, 0) is 0 Å². The van der Waals surface area contributed by atoms with Crippen LogP contribution in [0.5, 0.6) is 0 Å². The largest absolute Gasteiger partial charge is 0.314 e. The average Bonchev–Trinajstić information content (AvgIpc) is 2.22. The second-order valence-electron chi connectivity index (χ2n) is 5.37. The van der Waals surface area contributed by atoms with Crippen LogP contribution in [-0.4, -0.2) is 36.6 Å². The zero-order chi connectivity index (χ0) is 11.3. The van der Waals surface area contributed by atoms with Gasteiger partial charge in [-0.15, -0.1) is 0 Å². The van der Waals surface area contributed by atoms with Crippen molar-refractivity contribution in [3.63, 3.8) is 0 Å². The van der Waals surface area contributed by atoms with E-state index in [9.17, 15) is 0 Å². The lowest BCUT2D eigenvalue weighted by molar-refractivity contribution is 0.0563. The molecule has 1 N–H and O–H groups in total. The van der Waals surface area contributed by atoms with Crippen LogP contribution in [0, 0.1) is 5.92 Å². The van der Waals surface area contributed by atoms with Crippen molar-refractivity contribution in [2.45, 2.75) is 52.5 Å². The van der Waals surface area contributed by atoms with Gasteiger partial charge in [0.2, 0.25) is 0 Å². The zero-order valence-electron chi connectivity index (χ0n) is 11.0. The fourth-order valence-corrected chi connectivity index (χ4v) is 2.57. The topological polar surface area (TPSA) is 15.3 Å². The SMILES string of the molecule is CCCC(C)CN1CCNCC1(C)CC. The molecule has 2 unspecified atom stereocenters. The van der Waals surface area contributed by atoms with Crippen molar-refractivity contribution in [1.82, 2.24) is 10.2 Å². The molecule has 0 aliphatic carbocycles. The van der Waals surface area contributed by atoms with Crippen LogP contribution in [0.1, 0.15) is 47.0 Å². The molecule has 1 fully saturated rings.